The first-order chi connectivity index (χ1) is 47.6. The van der Waals surface area contributed by atoms with Crippen LogP contribution in [0.1, 0.15) is 296 Å². The molecule has 0 unspecified atom stereocenters. The molecule has 0 spiro atoms. The Balaban J connectivity index is 0.000000236. The second-order valence-electron chi connectivity index (χ2n) is 27.7. The van der Waals surface area contributed by atoms with Crippen LogP contribution < -0.4 is 18.9 Å². The predicted molar refractivity (Wildman–Crippen MR) is 385 cm³/mol. The van der Waals surface area contributed by atoms with Gasteiger partial charge in [-0.05, 0) is 201 Å². The Labute approximate surface area is 586 Å². The zero-order chi connectivity index (χ0) is 70.9. The first-order valence-corrected chi connectivity index (χ1v) is 38.1. The molecule has 98 heavy (non-hydrogen) atoms. The molecule has 0 N–H and O–H groups in total. The fourth-order valence-electron chi connectivity index (χ4n) is 13.0. The van der Waals surface area contributed by atoms with Crippen molar-refractivity contribution in [3.05, 3.63) is 117 Å². The topological polar surface area (TPSA) is 36.9 Å². The molecule has 4 aromatic rings. The van der Waals surface area contributed by atoms with Gasteiger partial charge in [0.05, 0.1) is 48.7 Å². The van der Waals surface area contributed by atoms with Crippen LogP contribution in [0.3, 0.4) is 0 Å². The van der Waals surface area contributed by atoms with E-state index in [4.69, 9.17) is 18.9 Å². The summed E-state index contributed by atoms with van der Waals surface area (Å²) in [4.78, 5) is 0. The van der Waals surface area contributed by atoms with Crippen LogP contribution >= 0.6 is 0 Å². The first-order valence-electron chi connectivity index (χ1n) is 38.1. The van der Waals surface area contributed by atoms with Gasteiger partial charge in [-0.1, -0.05) is 193 Å². The van der Waals surface area contributed by atoms with E-state index in [9.17, 15) is 35.1 Å². The average Bonchev–Trinajstić information content (AvgIpc) is 0.890. The molecule has 4 fully saturated rings. The van der Waals surface area contributed by atoms with Crippen LogP contribution in [0.5, 0.6) is 23.0 Å². The van der Waals surface area contributed by atoms with Crippen LogP contribution in [-0.2, 0) is 0 Å². The third kappa shape index (κ3) is 29.5. The zero-order valence-corrected chi connectivity index (χ0v) is 60.8. The molecule has 0 aromatic heterocycles. The quantitative estimate of drug-likeness (QED) is 0.0357. The van der Waals surface area contributed by atoms with E-state index >= 15 is 0 Å². The zero-order valence-electron chi connectivity index (χ0n) is 60.8. The van der Waals surface area contributed by atoms with Gasteiger partial charge in [0.25, 0.3) is 0 Å². The van der Waals surface area contributed by atoms with Crippen LogP contribution in [0.2, 0.25) is 0 Å². The Kier molecular flexibility index (Phi) is 40.2. The molecule has 0 atom stereocenters. The molecule has 12 heteroatoms. The summed E-state index contributed by atoms with van der Waals surface area (Å²) in [5.74, 6) is 21.1. The summed E-state index contributed by atoms with van der Waals surface area (Å²) in [6.45, 7) is 18.9. The van der Waals surface area contributed by atoms with Gasteiger partial charge in [0, 0.05) is 23.7 Å². The van der Waals surface area contributed by atoms with E-state index in [0.29, 0.717) is 50.1 Å². The fraction of sp³-hybridized carbons (Fsp3) is 0.628. The highest BCUT2D eigenvalue weighted by Crippen LogP contribution is 2.35. The van der Waals surface area contributed by atoms with E-state index in [1.165, 1.54) is 138 Å². The van der Waals surface area contributed by atoms with Gasteiger partial charge in [0.1, 0.15) is 0 Å². The van der Waals surface area contributed by atoms with Crippen molar-refractivity contribution in [2.24, 2.45) is 47.3 Å². The molecule has 4 aliphatic rings. The van der Waals surface area contributed by atoms with Crippen LogP contribution in [-0.4, -0.2) is 26.4 Å². The Hall–Kier alpha value is -6.24. The number of hydrogen-bond acceptors (Lipinski definition) is 4. The van der Waals surface area contributed by atoms with Crippen LogP contribution in [0.4, 0.5) is 35.1 Å². The number of ether oxygens (including phenoxy) is 4. The van der Waals surface area contributed by atoms with Crippen molar-refractivity contribution < 1.29 is 54.1 Å². The molecule has 4 aliphatic carbocycles. The van der Waals surface area contributed by atoms with Crippen molar-refractivity contribution in [2.75, 3.05) is 26.4 Å². The molecule has 0 bridgehead atoms. The third-order valence-electron chi connectivity index (χ3n) is 19.6. The monoisotopic (exact) mass is 1360 g/mol. The van der Waals surface area contributed by atoms with Gasteiger partial charge >= 0.3 is 0 Å². The minimum Gasteiger partial charge on any atom is -0.490 e. The Morgan fingerprint density at radius 1 is 0.286 bits per heavy atom. The highest BCUT2D eigenvalue weighted by Gasteiger charge is 2.24. The molecule has 8 rings (SSSR count). The van der Waals surface area contributed by atoms with Crippen molar-refractivity contribution in [1.29, 1.82) is 0 Å². The molecular formula is C86H116F8O4. The Bertz CT molecular complexity index is 3190. The Morgan fingerprint density at radius 3 is 0.796 bits per heavy atom. The van der Waals surface area contributed by atoms with E-state index in [-0.39, 0.29) is 45.3 Å². The summed E-state index contributed by atoms with van der Waals surface area (Å²) in [7, 11) is 0. The lowest BCUT2D eigenvalue weighted by Crippen LogP contribution is -2.13. The lowest BCUT2D eigenvalue weighted by atomic mass is 9.80. The molecule has 0 saturated heterocycles. The summed E-state index contributed by atoms with van der Waals surface area (Å²) < 4.78 is 134. The summed E-state index contributed by atoms with van der Waals surface area (Å²) in [6, 6.07) is 12.1. The molecule has 4 aromatic carbocycles. The van der Waals surface area contributed by atoms with Gasteiger partial charge in [-0.3, -0.25) is 0 Å². The van der Waals surface area contributed by atoms with Gasteiger partial charge in [-0.2, -0.15) is 17.6 Å². The van der Waals surface area contributed by atoms with E-state index in [1.54, 1.807) is 0 Å². The predicted octanol–water partition coefficient (Wildman–Crippen LogP) is 25.2. The smallest absolute Gasteiger partial charge is 0.201 e. The summed E-state index contributed by atoms with van der Waals surface area (Å²) in [5, 5.41) is 0. The maximum atomic E-state index is 14.2. The van der Waals surface area contributed by atoms with E-state index in [2.05, 4.69) is 103 Å². The van der Waals surface area contributed by atoms with Crippen molar-refractivity contribution >= 4 is 0 Å². The largest absolute Gasteiger partial charge is 0.490 e. The van der Waals surface area contributed by atoms with Crippen LogP contribution in [0.15, 0.2) is 48.5 Å². The summed E-state index contributed by atoms with van der Waals surface area (Å²) >= 11 is 0. The van der Waals surface area contributed by atoms with Crippen molar-refractivity contribution in [3.63, 3.8) is 0 Å². The number of rotatable bonds is 26. The van der Waals surface area contributed by atoms with Gasteiger partial charge in [0.15, 0.2) is 46.3 Å². The summed E-state index contributed by atoms with van der Waals surface area (Å²) in [5.41, 5.74) is 0.527. The van der Waals surface area contributed by atoms with Gasteiger partial charge in [-0.15, -0.1) is 0 Å². The molecule has 4 saturated carbocycles. The molecule has 0 heterocycles. The maximum absolute atomic E-state index is 14.2. The van der Waals surface area contributed by atoms with E-state index < -0.39 is 46.5 Å². The second-order valence-corrected chi connectivity index (χ2v) is 27.7. The summed E-state index contributed by atoms with van der Waals surface area (Å²) in [6.07, 6.45) is 37.4. The molecule has 540 valence electrons. The van der Waals surface area contributed by atoms with Crippen molar-refractivity contribution in [1.82, 2.24) is 0 Å². The SMILES string of the molecule is CCCCCOc1ccc(C#C[C@H]2CC[C@H](C)CC2)c(F)c1F.CCCCCOc1ccc(C#C[C@H]2CC[C@H](CC)CC2)c(F)c1F.CCCCCOc1ccc(C#C[C@H]2CC[C@H](CCC)CC2)c(F)c1F.CCCCCOc1ccc(C#C[C@H]2CC[C@H](CCCC)CC2)c(F)c1F. The molecule has 0 radical (unpaired) electrons. The van der Waals surface area contributed by atoms with Crippen molar-refractivity contribution in [3.8, 4) is 70.4 Å². The standard InChI is InChI=1S/C23H32F2O.C22H30F2O.C21H28F2O.C20H26F2O/c1-3-5-7-17-26-21-16-15-20(22(24)23(21)25)14-13-19-11-9-18(10-12-19)8-6-4-2;1-3-5-6-16-25-20-15-14-19(21(23)22(20)24)13-12-18-10-8-17(7-4-2)9-11-18;1-3-5-6-15-24-19-14-13-18(20(22)21(19)23)12-11-17-9-7-16(4-2)8-10-17;1-3-4-5-14-23-18-13-12-17(19(21)20(18)22)11-10-16-8-6-15(2)7-9-16/h15-16,18-19H,3-12,17H2,1-2H3;14-15,17-18H,3-11,16H2,1-2H3;13-14,16-17H,3-10,15H2,1-2H3;12-13,15-16H,3-9,14H2,1-2H3/t18-,19-;17-,18-;16-,17-;15-,16-. The minimum absolute atomic E-state index is 0.0133. The number of halogens is 8. The average molecular weight is 1370 g/mol. The highest BCUT2D eigenvalue weighted by molar-refractivity contribution is 5.44. The fourth-order valence-corrected chi connectivity index (χ4v) is 13.0. The second kappa shape index (κ2) is 47.7. The maximum Gasteiger partial charge on any atom is 0.201 e. The van der Waals surface area contributed by atoms with Gasteiger partial charge < -0.3 is 18.9 Å². The van der Waals surface area contributed by atoms with Gasteiger partial charge in [-0.25, -0.2) is 17.6 Å². The minimum atomic E-state index is -0.925. The number of benzene rings is 4. The van der Waals surface area contributed by atoms with Gasteiger partial charge in [0.2, 0.25) is 23.3 Å². The van der Waals surface area contributed by atoms with Crippen LogP contribution in [0.25, 0.3) is 0 Å². The third-order valence-corrected chi connectivity index (χ3v) is 19.6. The lowest BCUT2D eigenvalue weighted by molar-refractivity contribution is 0.286. The van der Waals surface area contributed by atoms with E-state index in [0.717, 1.165) is 152 Å². The lowest BCUT2D eigenvalue weighted by Gasteiger charge is -2.25. The molecule has 0 amide bonds. The number of unbranched alkanes of at least 4 members (excludes halogenated alkanes) is 9. The normalized spacial score (nSPS) is 20.2. The molecular weight excluding hydrogens is 1250 g/mol. The molecule has 4 nitrogen and oxygen atoms in total. The number of hydrogen-bond donors (Lipinski definition) is 0. The van der Waals surface area contributed by atoms with Crippen LogP contribution in [0, 0.1) is 141 Å². The Morgan fingerprint density at radius 2 is 0.541 bits per heavy atom. The van der Waals surface area contributed by atoms with Crippen molar-refractivity contribution in [2.45, 2.75) is 274 Å². The molecule has 0 aliphatic heterocycles. The van der Waals surface area contributed by atoms with E-state index in [1.807, 2.05) is 0 Å². The highest BCUT2D eigenvalue weighted by atomic mass is 19.2. The first kappa shape index (κ1) is 82.4.